The van der Waals surface area contributed by atoms with Gasteiger partial charge < -0.3 is 14.5 Å². The van der Waals surface area contributed by atoms with Gasteiger partial charge in [0.15, 0.2) is 5.69 Å². The number of nitrogens with zero attached hydrogens (tertiary/aromatic N) is 5. The molecule has 7 nitrogen and oxygen atoms in total. The molecule has 8 heteroatoms. The van der Waals surface area contributed by atoms with Gasteiger partial charge in [0.25, 0.3) is 5.91 Å². The summed E-state index contributed by atoms with van der Waals surface area (Å²) < 4.78 is 9.32. The van der Waals surface area contributed by atoms with Crippen LogP contribution in [0, 0.1) is 0 Å². The SMILES string of the molecule is COc1ccccc1N1CCN([C@@H]2CCCN(C(=O)c3csnn3)C2)CC1. The second kappa shape index (κ2) is 8.22. The Hall–Kier alpha value is -2.19. The number of anilines is 1. The van der Waals surface area contributed by atoms with Crippen LogP contribution in [0.3, 0.4) is 0 Å². The van der Waals surface area contributed by atoms with Gasteiger partial charge in [-0.2, -0.15) is 0 Å². The Kier molecular flexibility index (Phi) is 5.54. The summed E-state index contributed by atoms with van der Waals surface area (Å²) >= 11 is 1.23. The van der Waals surface area contributed by atoms with Crippen LogP contribution in [0.4, 0.5) is 5.69 Å². The summed E-state index contributed by atoms with van der Waals surface area (Å²) in [6.45, 7) is 5.55. The number of benzene rings is 1. The minimum Gasteiger partial charge on any atom is -0.495 e. The maximum Gasteiger partial charge on any atom is 0.275 e. The molecule has 1 atom stereocenters. The summed E-state index contributed by atoms with van der Waals surface area (Å²) in [5.74, 6) is 0.943. The number of rotatable bonds is 4. The zero-order chi connectivity index (χ0) is 18.6. The van der Waals surface area contributed by atoms with Crippen molar-refractivity contribution in [2.24, 2.45) is 0 Å². The fraction of sp³-hybridized carbons (Fsp3) is 0.526. The van der Waals surface area contributed by atoms with Gasteiger partial charge in [-0.3, -0.25) is 9.69 Å². The molecule has 2 fully saturated rings. The van der Waals surface area contributed by atoms with Crippen LogP contribution in [-0.4, -0.2) is 77.7 Å². The molecule has 2 saturated heterocycles. The smallest absolute Gasteiger partial charge is 0.275 e. The summed E-state index contributed by atoms with van der Waals surface area (Å²) in [5.41, 5.74) is 1.64. The number of amides is 1. The van der Waals surface area contributed by atoms with Crippen molar-refractivity contribution < 1.29 is 9.53 Å². The number of aromatic nitrogens is 2. The van der Waals surface area contributed by atoms with Crippen LogP contribution in [0.1, 0.15) is 23.3 Å². The van der Waals surface area contributed by atoms with Gasteiger partial charge in [0.1, 0.15) is 5.75 Å². The number of para-hydroxylation sites is 2. The first-order chi connectivity index (χ1) is 13.3. The van der Waals surface area contributed by atoms with E-state index in [1.54, 1.807) is 12.5 Å². The first kappa shape index (κ1) is 18.2. The van der Waals surface area contributed by atoms with Crippen molar-refractivity contribution in [3.63, 3.8) is 0 Å². The third-order valence-electron chi connectivity index (χ3n) is 5.52. The van der Waals surface area contributed by atoms with E-state index in [0.717, 1.165) is 63.5 Å². The third kappa shape index (κ3) is 3.91. The Morgan fingerprint density at radius 1 is 1.19 bits per heavy atom. The van der Waals surface area contributed by atoms with Gasteiger partial charge in [0.05, 0.1) is 12.8 Å². The number of methoxy groups -OCH3 is 1. The van der Waals surface area contributed by atoms with Crippen LogP contribution in [0.15, 0.2) is 29.6 Å². The first-order valence-electron chi connectivity index (χ1n) is 9.44. The van der Waals surface area contributed by atoms with Crippen LogP contribution in [0.2, 0.25) is 0 Å². The van der Waals surface area contributed by atoms with Crippen LogP contribution in [-0.2, 0) is 0 Å². The standard InChI is InChI=1S/C19H25N5O2S/c1-26-18-7-3-2-6-17(18)23-11-9-22(10-12-23)15-5-4-8-24(13-15)19(25)16-14-27-21-20-16/h2-3,6-7,14-15H,4-5,8-13H2,1H3/t15-/m1/s1. The molecule has 144 valence electrons. The van der Waals surface area contributed by atoms with Crippen molar-refractivity contribution in [3.8, 4) is 5.75 Å². The van der Waals surface area contributed by atoms with E-state index < -0.39 is 0 Å². The molecule has 0 radical (unpaired) electrons. The first-order valence-corrected chi connectivity index (χ1v) is 10.3. The molecule has 0 spiro atoms. The number of carbonyl (C=O) groups is 1. The zero-order valence-electron chi connectivity index (χ0n) is 15.6. The quantitative estimate of drug-likeness (QED) is 0.799. The number of piperazine rings is 1. The van der Waals surface area contributed by atoms with Crippen LogP contribution >= 0.6 is 11.5 Å². The molecule has 1 aromatic carbocycles. The third-order valence-corrected chi connectivity index (χ3v) is 6.02. The predicted octanol–water partition coefficient (Wildman–Crippen LogP) is 1.97. The Balaban J connectivity index is 1.36. The summed E-state index contributed by atoms with van der Waals surface area (Å²) in [7, 11) is 1.72. The second-order valence-corrected chi connectivity index (χ2v) is 7.64. The molecular weight excluding hydrogens is 362 g/mol. The van der Waals surface area contributed by atoms with Gasteiger partial charge >= 0.3 is 0 Å². The highest BCUT2D eigenvalue weighted by atomic mass is 32.1. The lowest BCUT2D eigenvalue weighted by Gasteiger charge is -2.44. The highest BCUT2D eigenvalue weighted by Gasteiger charge is 2.31. The topological polar surface area (TPSA) is 61.8 Å². The number of likely N-dealkylation sites (tertiary alicyclic amines) is 1. The second-order valence-electron chi connectivity index (χ2n) is 7.03. The zero-order valence-corrected chi connectivity index (χ0v) is 16.4. The average Bonchev–Trinajstić information content (AvgIpc) is 3.28. The van der Waals surface area contributed by atoms with Gasteiger partial charge in [-0.05, 0) is 36.5 Å². The van der Waals surface area contributed by atoms with E-state index in [2.05, 4.69) is 31.5 Å². The lowest BCUT2D eigenvalue weighted by Crippen LogP contribution is -2.56. The molecule has 0 saturated carbocycles. The molecular formula is C19H25N5O2S. The fourth-order valence-electron chi connectivity index (χ4n) is 4.08. The van der Waals surface area contributed by atoms with E-state index >= 15 is 0 Å². The maximum absolute atomic E-state index is 12.6. The van der Waals surface area contributed by atoms with Crippen molar-refractivity contribution in [3.05, 3.63) is 35.3 Å². The monoisotopic (exact) mass is 387 g/mol. The average molecular weight is 388 g/mol. The Bertz CT molecular complexity index is 761. The number of carbonyl (C=O) groups excluding carboxylic acids is 1. The van der Waals surface area contributed by atoms with E-state index in [1.807, 2.05) is 17.0 Å². The van der Waals surface area contributed by atoms with Crippen molar-refractivity contribution in [1.82, 2.24) is 19.4 Å². The van der Waals surface area contributed by atoms with E-state index in [9.17, 15) is 4.79 Å². The fourth-order valence-corrected chi connectivity index (χ4v) is 4.51. The normalized spacial score (nSPS) is 21.3. The molecule has 0 unspecified atom stereocenters. The summed E-state index contributed by atoms with van der Waals surface area (Å²) in [5, 5.41) is 5.67. The largest absolute Gasteiger partial charge is 0.495 e. The van der Waals surface area contributed by atoms with E-state index in [1.165, 1.54) is 11.5 Å². The van der Waals surface area contributed by atoms with Gasteiger partial charge in [0.2, 0.25) is 0 Å². The van der Waals surface area contributed by atoms with E-state index in [4.69, 9.17) is 4.74 Å². The lowest BCUT2D eigenvalue weighted by molar-refractivity contribution is 0.0558. The molecule has 0 N–H and O–H groups in total. The number of hydrogen-bond donors (Lipinski definition) is 0. The minimum atomic E-state index is 0.0149. The van der Waals surface area contributed by atoms with Crippen LogP contribution in [0.25, 0.3) is 0 Å². The summed E-state index contributed by atoms with van der Waals surface area (Å²) in [4.78, 5) is 19.5. The van der Waals surface area contributed by atoms with Crippen molar-refractivity contribution >= 4 is 23.1 Å². The summed E-state index contributed by atoms with van der Waals surface area (Å²) in [6.07, 6.45) is 2.19. The number of piperidine rings is 1. The van der Waals surface area contributed by atoms with Gasteiger partial charge in [-0.25, -0.2) is 0 Å². The molecule has 2 aliphatic rings. The molecule has 1 amide bonds. The van der Waals surface area contributed by atoms with Gasteiger partial charge in [0, 0.05) is 50.7 Å². The molecule has 0 bridgehead atoms. The summed E-state index contributed by atoms with van der Waals surface area (Å²) in [6, 6.07) is 8.62. The maximum atomic E-state index is 12.6. The Morgan fingerprint density at radius 2 is 2.00 bits per heavy atom. The van der Waals surface area contributed by atoms with Gasteiger partial charge in [-0.15, -0.1) is 5.10 Å². The minimum absolute atomic E-state index is 0.0149. The van der Waals surface area contributed by atoms with E-state index in [0.29, 0.717) is 11.7 Å². The van der Waals surface area contributed by atoms with Crippen molar-refractivity contribution in [2.45, 2.75) is 18.9 Å². The molecule has 2 aliphatic heterocycles. The highest BCUT2D eigenvalue weighted by Crippen LogP contribution is 2.29. The predicted molar refractivity (Wildman–Crippen MR) is 106 cm³/mol. The highest BCUT2D eigenvalue weighted by molar-refractivity contribution is 7.03. The molecule has 27 heavy (non-hydrogen) atoms. The molecule has 0 aliphatic carbocycles. The molecule has 2 aromatic rings. The van der Waals surface area contributed by atoms with Crippen LogP contribution < -0.4 is 9.64 Å². The molecule has 3 heterocycles. The Labute approximate surface area is 163 Å². The van der Waals surface area contributed by atoms with Crippen molar-refractivity contribution in [1.29, 1.82) is 0 Å². The number of ether oxygens (including phenoxy) is 1. The molecule has 4 rings (SSSR count). The molecule has 1 aromatic heterocycles. The van der Waals surface area contributed by atoms with Crippen LogP contribution in [0.5, 0.6) is 5.75 Å². The van der Waals surface area contributed by atoms with Gasteiger partial charge in [-0.1, -0.05) is 16.6 Å². The van der Waals surface area contributed by atoms with E-state index in [-0.39, 0.29) is 5.91 Å². The number of hydrogen-bond acceptors (Lipinski definition) is 7. The lowest BCUT2D eigenvalue weighted by atomic mass is 10.0. The Morgan fingerprint density at radius 3 is 2.74 bits per heavy atom. The van der Waals surface area contributed by atoms with Crippen molar-refractivity contribution in [2.75, 3.05) is 51.3 Å².